The monoisotopic (exact) mass is 237 g/mol. The Morgan fingerprint density at radius 2 is 2.06 bits per heavy atom. The van der Waals surface area contributed by atoms with Gasteiger partial charge < -0.3 is 19.5 Å². The molecule has 0 aliphatic carbocycles. The van der Waals surface area contributed by atoms with E-state index < -0.39 is 0 Å². The van der Waals surface area contributed by atoms with Gasteiger partial charge in [0.25, 0.3) is 0 Å². The van der Waals surface area contributed by atoms with Crippen LogP contribution in [0.3, 0.4) is 0 Å². The van der Waals surface area contributed by atoms with Crippen LogP contribution in [0.4, 0.5) is 5.69 Å². The third-order valence-corrected chi connectivity index (χ3v) is 2.61. The number of amides is 1. The number of hydrogen-bond acceptors (Lipinski definition) is 4. The van der Waals surface area contributed by atoms with Gasteiger partial charge in [0.15, 0.2) is 11.5 Å². The first-order valence-electron chi connectivity index (χ1n) is 5.49. The van der Waals surface area contributed by atoms with Gasteiger partial charge in [-0.15, -0.1) is 0 Å². The highest BCUT2D eigenvalue weighted by Gasteiger charge is 2.15. The minimum absolute atomic E-state index is 0.116. The van der Waals surface area contributed by atoms with Crippen LogP contribution < -0.4 is 14.4 Å². The summed E-state index contributed by atoms with van der Waals surface area (Å²) in [6, 6.07) is 5.35. The highest BCUT2D eigenvalue weighted by molar-refractivity contribution is 5.93. The van der Waals surface area contributed by atoms with Crippen LogP contribution in [0.25, 0.3) is 0 Å². The van der Waals surface area contributed by atoms with Crippen molar-refractivity contribution in [2.45, 2.75) is 6.42 Å². The molecule has 1 aromatic carbocycles. The molecule has 1 N–H and O–H groups in total. The number of anilines is 1. The average Bonchev–Trinajstić information content (AvgIpc) is 2.37. The number of ether oxygens (including phenoxy) is 2. The molecule has 92 valence electrons. The second kappa shape index (κ2) is 5.05. The minimum Gasteiger partial charge on any atom is -0.486 e. The Balaban J connectivity index is 2.18. The van der Waals surface area contributed by atoms with Crippen LogP contribution in [0.1, 0.15) is 6.42 Å². The van der Waals surface area contributed by atoms with Crippen molar-refractivity contribution in [3.8, 4) is 11.5 Å². The second-order valence-corrected chi connectivity index (χ2v) is 3.75. The first-order chi connectivity index (χ1) is 8.22. The van der Waals surface area contributed by atoms with Crippen molar-refractivity contribution in [2.24, 2.45) is 0 Å². The van der Waals surface area contributed by atoms with Gasteiger partial charge in [0.1, 0.15) is 13.2 Å². The zero-order valence-corrected chi connectivity index (χ0v) is 9.68. The van der Waals surface area contributed by atoms with E-state index in [4.69, 9.17) is 14.6 Å². The standard InChI is InChI=1S/C12H15NO4/c1-13(12(15)4-5-14)9-2-3-10-11(8-9)17-7-6-16-10/h2-3,8,14H,4-7H2,1H3. The lowest BCUT2D eigenvalue weighted by atomic mass is 10.2. The fourth-order valence-corrected chi connectivity index (χ4v) is 1.65. The van der Waals surface area contributed by atoms with Gasteiger partial charge in [0.2, 0.25) is 5.91 Å². The van der Waals surface area contributed by atoms with E-state index in [1.165, 1.54) is 4.90 Å². The van der Waals surface area contributed by atoms with Gasteiger partial charge in [-0.2, -0.15) is 0 Å². The summed E-state index contributed by atoms with van der Waals surface area (Å²) in [6.07, 6.45) is 0.116. The summed E-state index contributed by atoms with van der Waals surface area (Å²) >= 11 is 0. The van der Waals surface area contributed by atoms with Crippen LogP contribution >= 0.6 is 0 Å². The summed E-state index contributed by atoms with van der Waals surface area (Å²) in [5, 5.41) is 8.73. The normalized spacial score (nSPS) is 13.3. The van der Waals surface area contributed by atoms with E-state index in [0.717, 1.165) is 5.69 Å². The van der Waals surface area contributed by atoms with Crippen LogP contribution in [0.15, 0.2) is 18.2 Å². The van der Waals surface area contributed by atoms with Crippen LogP contribution in [0, 0.1) is 0 Å². The van der Waals surface area contributed by atoms with Crippen molar-refractivity contribution in [3.05, 3.63) is 18.2 Å². The predicted octanol–water partition coefficient (Wildman–Crippen LogP) is 0.803. The van der Waals surface area contributed by atoms with Gasteiger partial charge in [-0.05, 0) is 12.1 Å². The molecule has 1 heterocycles. The van der Waals surface area contributed by atoms with E-state index in [-0.39, 0.29) is 18.9 Å². The molecule has 1 aromatic rings. The summed E-state index contributed by atoms with van der Waals surface area (Å²) in [6.45, 7) is 0.921. The van der Waals surface area contributed by atoms with Crippen LogP contribution in [-0.2, 0) is 4.79 Å². The largest absolute Gasteiger partial charge is 0.486 e. The van der Waals surface area contributed by atoms with E-state index in [1.54, 1.807) is 25.2 Å². The van der Waals surface area contributed by atoms with Crippen molar-refractivity contribution in [2.75, 3.05) is 31.8 Å². The molecule has 0 atom stereocenters. The smallest absolute Gasteiger partial charge is 0.229 e. The number of benzene rings is 1. The third-order valence-electron chi connectivity index (χ3n) is 2.61. The van der Waals surface area contributed by atoms with E-state index in [9.17, 15) is 4.79 Å². The van der Waals surface area contributed by atoms with E-state index in [0.29, 0.717) is 24.7 Å². The molecule has 0 radical (unpaired) electrons. The lowest BCUT2D eigenvalue weighted by Crippen LogP contribution is -2.27. The molecule has 5 nitrogen and oxygen atoms in total. The maximum atomic E-state index is 11.6. The maximum absolute atomic E-state index is 11.6. The Labute approximate surface area is 99.6 Å². The van der Waals surface area contributed by atoms with Crippen molar-refractivity contribution in [3.63, 3.8) is 0 Å². The van der Waals surface area contributed by atoms with Gasteiger partial charge in [0.05, 0.1) is 13.0 Å². The first-order valence-corrected chi connectivity index (χ1v) is 5.49. The lowest BCUT2D eigenvalue weighted by molar-refractivity contribution is -0.118. The molecular weight excluding hydrogens is 222 g/mol. The van der Waals surface area contributed by atoms with Gasteiger partial charge in [0, 0.05) is 18.8 Å². The molecule has 0 saturated carbocycles. The average molecular weight is 237 g/mol. The molecule has 5 heteroatoms. The molecule has 0 unspecified atom stereocenters. The molecule has 1 aliphatic rings. The van der Waals surface area contributed by atoms with Crippen molar-refractivity contribution >= 4 is 11.6 Å². The number of aliphatic hydroxyl groups excluding tert-OH is 1. The van der Waals surface area contributed by atoms with Gasteiger partial charge in [-0.3, -0.25) is 4.79 Å². The van der Waals surface area contributed by atoms with Crippen molar-refractivity contribution < 1.29 is 19.4 Å². The molecule has 1 aliphatic heterocycles. The summed E-state index contributed by atoms with van der Waals surface area (Å²) in [4.78, 5) is 13.1. The number of carbonyl (C=O) groups excluding carboxylic acids is 1. The highest BCUT2D eigenvalue weighted by Crippen LogP contribution is 2.33. The minimum atomic E-state index is -0.145. The van der Waals surface area contributed by atoms with Gasteiger partial charge >= 0.3 is 0 Å². The molecule has 0 fully saturated rings. The molecule has 0 aromatic heterocycles. The van der Waals surface area contributed by atoms with Gasteiger partial charge in [-0.25, -0.2) is 0 Å². The second-order valence-electron chi connectivity index (χ2n) is 3.75. The number of fused-ring (bicyclic) bond motifs is 1. The fraction of sp³-hybridized carbons (Fsp3) is 0.417. The molecule has 2 rings (SSSR count). The Morgan fingerprint density at radius 3 is 2.76 bits per heavy atom. The lowest BCUT2D eigenvalue weighted by Gasteiger charge is -2.22. The number of carbonyl (C=O) groups is 1. The summed E-state index contributed by atoms with van der Waals surface area (Å²) in [7, 11) is 1.67. The number of rotatable bonds is 3. The summed E-state index contributed by atoms with van der Waals surface area (Å²) < 4.78 is 10.8. The van der Waals surface area contributed by atoms with Gasteiger partial charge in [-0.1, -0.05) is 0 Å². The highest BCUT2D eigenvalue weighted by atomic mass is 16.6. The van der Waals surface area contributed by atoms with Crippen LogP contribution in [0.5, 0.6) is 11.5 Å². The van der Waals surface area contributed by atoms with Crippen molar-refractivity contribution in [1.29, 1.82) is 0 Å². The van der Waals surface area contributed by atoms with Crippen LogP contribution in [0.2, 0.25) is 0 Å². The summed E-state index contributed by atoms with van der Waals surface area (Å²) in [5.74, 6) is 1.21. The topological polar surface area (TPSA) is 59.0 Å². The third kappa shape index (κ3) is 2.50. The number of aliphatic hydroxyl groups is 1. The quantitative estimate of drug-likeness (QED) is 0.845. The Kier molecular flexibility index (Phi) is 3.49. The molecular formula is C12H15NO4. The maximum Gasteiger partial charge on any atom is 0.229 e. The molecule has 0 spiro atoms. The Bertz CT molecular complexity index is 419. The first kappa shape index (κ1) is 11.7. The molecule has 1 amide bonds. The Morgan fingerprint density at radius 1 is 1.35 bits per heavy atom. The van der Waals surface area contributed by atoms with Crippen LogP contribution in [-0.4, -0.2) is 37.9 Å². The Hall–Kier alpha value is -1.75. The molecule has 0 bridgehead atoms. The van der Waals surface area contributed by atoms with E-state index in [2.05, 4.69) is 0 Å². The molecule has 17 heavy (non-hydrogen) atoms. The number of nitrogens with zero attached hydrogens (tertiary/aromatic N) is 1. The predicted molar refractivity (Wildman–Crippen MR) is 62.5 cm³/mol. The zero-order chi connectivity index (χ0) is 12.3. The SMILES string of the molecule is CN(C(=O)CCO)c1ccc2c(c1)OCCO2. The number of hydrogen-bond donors (Lipinski definition) is 1. The fourth-order valence-electron chi connectivity index (χ4n) is 1.65. The van der Waals surface area contributed by atoms with E-state index in [1.807, 2.05) is 0 Å². The molecule has 0 saturated heterocycles. The van der Waals surface area contributed by atoms with Crippen molar-refractivity contribution in [1.82, 2.24) is 0 Å². The van der Waals surface area contributed by atoms with E-state index >= 15 is 0 Å². The zero-order valence-electron chi connectivity index (χ0n) is 9.68. The summed E-state index contributed by atoms with van der Waals surface area (Å²) in [5.41, 5.74) is 0.729.